The van der Waals surface area contributed by atoms with Crippen LogP contribution >= 0.6 is 0 Å². The summed E-state index contributed by atoms with van der Waals surface area (Å²) in [6, 6.07) is 5.47. The third kappa shape index (κ3) is 2.89. The number of hydrogen-bond acceptors (Lipinski definition) is 4. The molecule has 0 spiro atoms. The zero-order valence-corrected chi connectivity index (χ0v) is 15.5. The van der Waals surface area contributed by atoms with E-state index < -0.39 is 10.0 Å². The van der Waals surface area contributed by atoms with Gasteiger partial charge in [-0.2, -0.15) is 4.31 Å². The molecule has 2 aromatic rings. The molecular formula is C18H24N2O3S. The summed E-state index contributed by atoms with van der Waals surface area (Å²) >= 11 is 0. The van der Waals surface area contributed by atoms with E-state index in [9.17, 15) is 8.42 Å². The van der Waals surface area contributed by atoms with Gasteiger partial charge < -0.3 is 4.52 Å². The van der Waals surface area contributed by atoms with Crippen molar-refractivity contribution in [2.24, 2.45) is 0 Å². The van der Waals surface area contributed by atoms with Crippen molar-refractivity contribution in [2.75, 3.05) is 6.54 Å². The Balaban J connectivity index is 2.03. The van der Waals surface area contributed by atoms with Gasteiger partial charge in [0.2, 0.25) is 10.0 Å². The first kappa shape index (κ1) is 17.2. The van der Waals surface area contributed by atoms with E-state index in [1.807, 2.05) is 45.9 Å². The van der Waals surface area contributed by atoms with Gasteiger partial charge in [0, 0.05) is 12.6 Å². The van der Waals surface area contributed by atoms with Crippen molar-refractivity contribution in [3.8, 4) is 0 Å². The highest BCUT2D eigenvalue weighted by Crippen LogP contribution is 2.38. The van der Waals surface area contributed by atoms with Crippen molar-refractivity contribution >= 4 is 10.0 Å². The molecule has 6 heteroatoms. The van der Waals surface area contributed by atoms with Crippen LogP contribution in [0.4, 0.5) is 0 Å². The van der Waals surface area contributed by atoms with Gasteiger partial charge >= 0.3 is 0 Å². The number of benzene rings is 1. The lowest BCUT2D eigenvalue weighted by atomic mass is 10.1. The standard InChI is InChI=1S/C18H24N2O3S/c1-5-15-11-17(23-19-15)16-7-6-8-20(16)24(21,22)18-13(3)9-12(2)10-14(18)4/h9-11,16H,5-8H2,1-4H3. The monoisotopic (exact) mass is 348 g/mol. The number of rotatable bonds is 4. The topological polar surface area (TPSA) is 63.4 Å². The van der Waals surface area contributed by atoms with Crippen LogP contribution in [0.15, 0.2) is 27.6 Å². The Hall–Kier alpha value is -1.66. The summed E-state index contributed by atoms with van der Waals surface area (Å²) in [6.45, 7) is 8.23. The molecule has 1 aromatic heterocycles. The smallest absolute Gasteiger partial charge is 0.244 e. The van der Waals surface area contributed by atoms with Gasteiger partial charge in [-0.1, -0.05) is 29.8 Å². The number of sulfonamides is 1. The molecule has 1 atom stereocenters. The average Bonchev–Trinajstić information content (AvgIpc) is 3.14. The van der Waals surface area contributed by atoms with Gasteiger partial charge in [-0.15, -0.1) is 0 Å². The number of aryl methyl sites for hydroxylation is 4. The molecule has 0 N–H and O–H groups in total. The van der Waals surface area contributed by atoms with E-state index in [-0.39, 0.29) is 6.04 Å². The third-order valence-corrected chi connectivity index (χ3v) is 6.86. The zero-order valence-electron chi connectivity index (χ0n) is 14.7. The third-order valence-electron chi connectivity index (χ3n) is 4.64. The van der Waals surface area contributed by atoms with Crippen molar-refractivity contribution in [2.45, 2.75) is 57.9 Å². The molecule has 1 fully saturated rings. The Kier molecular flexibility index (Phi) is 4.53. The van der Waals surface area contributed by atoms with Crippen molar-refractivity contribution < 1.29 is 12.9 Å². The lowest BCUT2D eigenvalue weighted by Gasteiger charge is -2.24. The summed E-state index contributed by atoms with van der Waals surface area (Å²) in [6.07, 6.45) is 2.37. The lowest BCUT2D eigenvalue weighted by Crippen LogP contribution is -2.31. The molecular weight excluding hydrogens is 324 g/mol. The summed E-state index contributed by atoms with van der Waals surface area (Å²) in [5.41, 5.74) is 3.52. The fraction of sp³-hybridized carbons (Fsp3) is 0.500. The van der Waals surface area contributed by atoms with Crippen LogP contribution in [0, 0.1) is 20.8 Å². The van der Waals surface area contributed by atoms with E-state index in [0.29, 0.717) is 17.2 Å². The highest BCUT2D eigenvalue weighted by Gasteiger charge is 2.39. The molecule has 1 saturated heterocycles. The molecule has 3 rings (SSSR count). The van der Waals surface area contributed by atoms with Crippen molar-refractivity contribution in [3.05, 3.63) is 46.3 Å². The fourth-order valence-corrected chi connectivity index (χ4v) is 5.73. The quantitative estimate of drug-likeness (QED) is 0.845. The normalized spacial score (nSPS) is 19.1. The summed E-state index contributed by atoms with van der Waals surface area (Å²) in [5, 5.41) is 4.02. The second-order valence-corrected chi connectivity index (χ2v) is 8.40. The molecule has 1 aromatic carbocycles. The lowest BCUT2D eigenvalue weighted by molar-refractivity contribution is 0.296. The molecule has 130 valence electrons. The zero-order chi connectivity index (χ0) is 17.5. The van der Waals surface area contributed by atoms with Crippen LogP contribution in [0.1, 0.15) is 54.0 Å². The van der Waals surface area contributed by atoms with Gasteiger partial charge in [0.15, 0.2) is 5.76 Å². The molecule has 0 amide bonds. The maximum atomic E-state index is 13.3. The molecule has 0 aliphatic carbocycles. The summed E-state index contributed by atoms with van der Waals surface area (Å²) in [7, 11) is -3.57. The SMILES string of the molecule is CCc1cc(C2CCCN2S(=O)(=O)c2c(C)cc(C)cc2C)on1. The van der Waals surface area contributed by atoms with Crippen molar-refractivity contribution in [3.63, 3.8) is 0 Å². The molecule has 1 aliphatic rings. The molecule has 0 radical (unpaired) electrons. The summed E-state index contributed by atoms with van der Waals surface area (Å²) < 4.78 is 33.6. The van der Waals surface area contributed by atoms with Crippen molar-refractivity contribution in [1.29, 1.82) is 0 Å². The maximum Gasteiger partial charge on any atom is 0.244 e. The van der Waals surface area contributed by atoms with E-state index in [2.05, 4.69) is 5.16 Å². The van der Waals surface area contributed by atoms with Gasteiger partial charge in [-0.3, -0.25) is 0 Å². The Bertz CT molecular complexity index is 832. The van der Waals surface area contributed by atoms with Gasteiger partial charge in [0.05, 0.1) is 16.6 Å². The van der Waals surface area contributed by atoms with E-state index in [1.54, 1.807) is 4.31 Å². The predicted octanol–water partition coefficient (Wildman–Crippen LogP) is 3.69. The number of aromatic nitrogens is 1. The number of hydrogen-bond donors (Lipinski definition) is 0. The van der Waals surface area contributed by atoms with Crippen molar-refractivity contribution in [1.82, 2.24) is 9.46 Å². The van der Waals surface area contributed by atoms with Crippen LogP contribution < -0.4 is 0 Å². The highest BCUT2D eigenvalue weighted by atomic mass is 32.2. The minimum absolute atomic E-state index is 0.261. The van der Waals surface area contributed by atoms with E-state index in [1.165, 1.54) is 0 Å². The molecule has 1 aliphatic heterocycles. The van der Waals surface area contributed by atoms with Crippen LogP contribution in [0.25, 0.3) is 0 Å². The largest absolute Gasteiger partial charge is 0.359 e. The maximum absolute atomic E-state index is 13.3. The Morgan fingerprint density at radius 3 is 2.46 bits per heavy atom. The Labute approximate surface area is 143 Å². The van der Waals surface area contributed by atoms with E-state index in [4.69, 9.17) is 4.52 Å². The summed E-state index contributed by atoms with van der Waals surface area (Å²) in [4.78, 5) is 0.426. The summed E-state index contributed by atoms with van der Waals surface area (Å²) in [5.74, 6) is 0.648. The van der Waals surface area contributed by atoms with Crippen LogP contribution in [0.3, 0.4) is 0 Å². The van der Waals surface area contributed by atoms with Gasteiger partial charge in [0.1, 0.15) is 0 Å². The first-order valence-corrected chi connectivity index (χ1v) is 9.83. The molecule has 1 unspecified atom stereocenters. The second-order valence-electron chi connectivity index (χ2n) is 6.58. The average molecular weight is 348 g/mol. The molecule has 24 heavy (non-hydrogen) atoms. The molecule has 5 nitrogen and oxygen atoms in total. The Morgan fingerprint density at radius 2 is 1.88 bits per heavy atom. The van der Waals surface area contributed by atoms with Crippen LogP contribution in [0.5, 0.6) is 0 Å². The van der Waals surface area contributed by atoms with Crippen LogP contribution in [0.2, 0.25) is 0 Å². The Morgan fingerprint density at radius 1 is 1.21 bits per heavy atom. The number of nitrogens with zero attached hydrogens (tertiary/aromatic N) is 2. The minimum Gasteiger partial charge on any atom is -0.359 e. The van der Waals surface area contributed by atoms with E-state index in [0.717, 1.165) is 41.6 Å². The predicted molar refractivity (Wildman–Crippen MR) is 92.4 cm³/mol. The molecule has 2 heterocycles. The second kappa shape index (κ2) is 6.33. The van der Waals surface area contributed by atoms with Gasteiger partial charge in [0.25, 0.3) is 0 Å². The first-order chi connectivity index (χ1) is 11.3. The minimum atomic E-state index is -3.57. The molecule has 0 saturated carbocycles. The van der Waals surface area contributed by atoms with Crippen LogP contribution in [-0.2, 0) is 16.4 Å². The first-order valence-electron chi connectivity index (χ1n) is 8.39. The van der Waals surface area contributed by atoms with Gasteiger partial charge in [-0.25, -0.2) is 8.42 Å². The van der Waals surface area contributed by atoms with Gasteiger partial charge in [-0.05, 0) is 51.2 Å². The molecule has 0 bridgehead atoms. The highest BCUT2D eigenvalue weighted by molar-refractivity contribution is 7.89. The van der Waals surface area contributed by atoms with E-state index >= 15 is 0 Å². The van der Waals surface area contributed by atoms with Crippen LogP contribution in [-0.4, -0.2) is 24.4 Å². The fourth-order valence-electron chi connectivity index (χ4n) is 3.65.